The quantitative estimate of drug-likeness (QED) is 0.419. The van der Waals surface area contributed by atoms with Crippen molar-refractivity contribution in [2.75, 3.05) is 0 Å². The van der Waals surface area contributed by atoms with Crippen LogP contribution in [0.5, 0.6) is 0 Å². The molecule has 0 bridgehead atoms. The monoisotopic (exact) mass is 358 g/mol. The fraction of sp³-hybridized carbons (Fsp3) is 0.900. The van der Waals surface area contributed by atoms with Crippen molar-refractivity contribution < 1.29 is 35.9 Å². The third-order valence-electron chi connectivity index (χ3n) is 2.57. The lowest BCUT2D eigenvalue weighted by atomic mass is 9.90. The Hall–Kier alpha value is -0.470. The minimum atomic E-state index is -5.86. The maximum absolute atomic E-state index is 12.5. The van der Waals surface area contributed by atoms with Gasteiger partial charge in [-0.1, -0.05) is 36.7 Å². The molecule has 0 aliphatic heterocycles. The Bertz CT molecular complexity index is 327. The molecule has 0 unspecified atom stereocenters. The average molecular weight is 359 g/mol. The summed E-state index contributed by atoms with van der Waals surface area (Å²) in [5.74, 6) is -2.42. The Morgan fingerprint density at radius 3 is 1.53 bits per heavy atom. The largest absolute Gasteiger partial charge is 0.461 e. The maximum Gasteiger partial charge on any atom is 0.423 e. The van der Waals surface area contributed by atoms with Crippen LogP contribution in [-0.4, -0.2) is 28.8 Å². The minimum absolute atomic E-state index is 0.791. The summed E-state index contributed by atoms with van der Waals surface area (Å²) in [6.07, 6.45) is -12.8. The lowest BCUT2D eigenvalue weighted by Crippen LogP contribution is -2.59. The highest BCUT2D eigenvalue weighted by molar-refractivity contribution is 9.10. The molecule has 19 heavy (non-hydrogen) atoms. The summed E-state index contributed by atoms with van der Waals surface area (Å²) in [6.45, 7) is 5.77. The van der Waals surface area contributed by atoms with Crippen LogP contribution in [-0.2, 0) is 9.53 Å². The molecule has 0 aromatic heterocycles. The first-order valence-corrected chi connectivity index (χ1v) is 5.88. The van der Waals surface area contributed by atoms with Gasteiger partial charge in [-0.25, -0.2) is 4.79 Å². The molecule has 0 fully saturated rings. The van der Waals surface area contributed by atoms with Gasteiger partial charge in [0.1, 0.15) is 6.10 Å². The molecule has 0 N–H and O–H groups in total. The fourth-order valence-corrected chi connectivity index (χ4v) is 0.904. The predicted molar refractivity (Wildman–Crippen MR) is 58.8 cm³/mol. The van der Waals surface area contributed by atoms with E-state index in [-0.39, 0.29) is 0 Å². The zero-order valence-electron chi connectivity index (χ0n) is 10.5. The lowest BCUT2D eigenvalue weighted by Gasteiger charge is -2.33. The van der Waals surface area contributed by atoms with Gasteiger partial charge in [-0.3, -0.25) is 0 Å². The van der Waals surface area contributed by atoms with Crippen molar-refractivity contribution in [3.63, 3.8) is 0 Å². The molecule has 0 radical (unpaired) electrons. The molecule has 114 valence electrons. The first kappa shape index (κ1) is 18.5. The number of hydrogen-bond acceptors (Lipinski definition) is 2. The van der Waals surface area contributed by atoms with Crippen LogP contribution in [0.2, 0.25) is 0 Å². The first-order valence-electron chi connectivity index (χ1n) is 5.08. The topological polar surface area (TPSA) is 26.3 Å². The average Bonchev–Trinajstić information content (AvgIpc) is 2.10. The molecule has 0 rings (SSSR count). The highest BCUT2D eigenvalue weighted by Gasteiger charge is 2.76. The SMILES string of the molecule is C[C@@H](OC(=O)C(Br)(C(F)(F)F)C(F)(F)F)C(C)(C)C. The van der Waals surface area contributed by atoms with Gasteiger partial charge < -0.3 is 4.74 Å². The van der Waals surface area contributed by atoms with E-state index in [4.69, 9.17) is 0 Å². The number of ether oxygens (including phenoxy) is 1. The molecule has 0 aromatic rings. The van der Waals surface area contributed by atoms with Gasteiger partial charge in [-0.2, -0.15) is 26.3 Å². The molecular formula is C10H13BrF6O2. The van der Waals surface area contributed by atoms with Crippen LogP contribution >= 0.6 is 15.9 Å². The van der Waals surface area contributed by atoms with E-state index in [0.717, 1.165) is 0 Å². The number of halogens is 7. The zero-order valence-corrected chi connectivity index (χ0v) is 12.1. The van der Waals surface area contributed by atoms with Crippen LogP contribution in [0.4, 0.5) is 26.3 Å². The molecule has 0 spiro atoms. The maximum atomic E-state index is 12.5. The van der Waals surface area contributed by atoms with Gasteiger partial charge in [0.15, 0.2) is 0 Å². The standard InChI is InChI=1S/C10H13BrF6O2/c1-5(7(2,3)4)19-6(18)8(11,9(12,13)14)10(15,16)17/h5H,1-4H3/t5-/m1/s1. The van der Waals surface area contributed by atoms with E-state index in [1.807, 2.05) is 0 Å². The van der Waals surface area contributed by atoms with Crippen molar-refractivity contribution >= 4 is 21.9 Å². The molecule has 0 aliphatic carbocycles. The van der Waals surface area contributed by atoms with Gasteiger partial charge in [0, 0.05) is 0 Å². The third-order valence-corrected chi connectivity index (χ3v) is 3.79. The number of hydrogen-bond donors (Lipinski definition) is 0. The fourth-order valence-electron chi connectivity index (χ4n) is 0.811. The molecule has 0 amide bonds. The van der Waals surface area contributed by atoms with Crippen LogP contribution < -0.4 is 0 Å². The van der Waals surface area contributed by atoms with E-state index in [1.165, 1.54) is 43.6 Å². The van der Waals surface area contributed by atoms with Crippen molar-refractivity contribution in [1.82, 2.24) is 0 Å². The van der Waals surface area contributed by atoms with E-state index < -0.39 is 34.2 Å². The van der Waals surface area contributed by atoms with E-state index >= 15 is 0 Å². The number of alkyl halides is 7. The first-order chi connectivity index (χ1) is 8.05. The molecule has 2 nitrogen and oxygen atoms in total. The summed E-state index contributed by atoms with van der Waals surface area (Å²) in [4.78, 5) is 11.3. The molecule has 1 atom stereocenters. The van der Waals surface area contributed by atoms with E-state index in [1.54, 1.807) is 0 Å². The molecular weight excluding hydrogens is 346 g/mol. The van der Waals surface area contributed by atoms with Crippen LogP contribution in [0.3, 0.4) is 0 Å². The normalized spacial score (nSPS) is 16.2. The second-order valence-corrected chi connectivity index (χ2v) is 6.26. The Labute approximate surface area is 114 Å². The molecule has 0 saturated carbocycles. The number of esters is 1. The second kappa shape index (κ2) is 5.14. The van der Waals surface area contributed by atoms with E-state index in [2.05, 4.69) is 4.74 Å². The highest BCUT2D eigenvalue weighted by atomic mass is 79.9. The van der Waals surface area contributed by atoms with Crippen molar-refractivity contribution in [3.05, 3.63) is 0 Å². The van der Waals surface area contributed by atoms with Crippen molar-refractivity contribution in [1.29, 1.82) is 0 Å². The van der Waals surface area contributed by atoms with Crippen molar-refractivity contribution in [3.8, 4) is 0 Å². The Morgan fingerprint density at radius 1 is 1.00 bits per heavy atom. The summed E-state index contributed by atoms with van der Waals surface area (Å²) in [7, 11) is 0. The Morgan fingerprint density at radius 2 is 1.32 bits per heavy atom. The van der Waals surface area contributed by atoms with Crippen LogP contribution in [0.15, 0.2) is 0 Å². The molecule has 0 saturated heterocycles. The van der Waals surface area contributed by atoms with Crippen LogP contribution in [0.1, 0.15) is 27.7 Å². The Balaban J connectivity index is 5.42. The summed E-state index contributed by atoms with van der Waals surface area (Å²) >= 11 is 1.46. The second-order valence-electron chi connectivity index (χ2n) is 5.07. The summed E-state index contributed by atoms with van der Waals surface area (Å²) in [5.41, 5.74) is -0.791. The van der Waals surface area contributed by atoms with Gasteiger partial charge in [0.25, 0.3) is 0 Å². The molecule has 0 heterocycles. The number of rotatable bonds is 2. The zero-order chi connectivity index (χ0) is 15.9. The third kappa shape index (κ3) is 3.76. The van der Waals surface area contributed by atoms with Crippen LogP contribution in [0.25, 0.3) is 0 Å². The Kier molecular flexibility index (Phi) is 5.01. The molecule has 0 aromatic carbocycles. The smallest absolute Gasteiger partial charge is 0.423 e. The van der Waals surface area contributed by atoms with Gasteiger partial charge in [0.2, 0.25) is 0 Å². The van der Waals surface area contributed by atoms with Crippen molar-refractivity contribution in [2.45, 2.75) is 50.5 Å². The van der Waals surface area contributed by atoms with Gasteiger partial charge in [-0.15, -0.1) is 0 Å². The summed E-state index contributed by atoms with van der Waals surface area (Å²) in [6, 6.07) is 0. The highest BCUT2D eigenvalue weighted by Crippen LogP contribution is 2.50. The van der Waals surface area contributed by atoms with E-state index in [9.17, 15) is 31.1 Å². The lowest BCUT2D eigenvalue weighted by molar-refractivity contribution is -0.265. The summed E-state index contributed by atoms with van der Waals surface area (Å²) in [5, 5.41) is 0. The van der Waals surface area contributed by atoms with Gasteiger partial charge in [0.05, 0.1) is 0 Å². The van der Waals surface area contributed by atoms with Gasteiger partial charge in [-0.05, 0) is 12.3 Å². The predicted octanol–water partition coefficient (Wildman–Crippen LogP) is 4.22. The van der Waals surface area contributed by atoms with E-state index in [0.29, 0.717) is 0 Å². The van der Waals surface area contributed by atoms with Crippen molar-refractivity contribution in [2.24, 2.45) is 5.41 Å². The number of carbonyl (C=O) groups excluding carboxylic acids is 1. The molecule has 9 heteroatoms. The van der Waals surface area contributed by atoms with Gasteiger partial charge >= 0.3 is 22.6 Å². The number of carbonyl (C=O) groups is 1. The summed E-state index contributed by atoms with van der Waals surface area (Å²) < 4.78 is 74.8. The molecule has 0 aliphatic rings. The minimum Gasteiger partial charge on any atom is -0.461 e. The van der Waals surface area contributed by atoms with Crippen LogP contribution in [0, 0.1) is 5.41 Å².